The van der Waals surface area contributed by atoms with Crippen molar-refractivity contribution < 1.29 is 14.3 Å². The van der Waals surface area contributed by atoms with Crippen LogP contribution in [0.1, 0.15) is 9.67 Å². The van der Waals surface area contributed by atoms with Crippen LogP contribution in [0.5, 0.6) is 0 Å². The van der Waals surface area contributed by atoms with Gasteiger partial charge in [-0.05, 0) is 23.6 Å². The number of morpholine rings is 1. The number of rotatable bonds is 2. The lowest BCUT2D eigenvalue weighted by Gasteiger charge is -2.36. The topological polar surface area (TPSA) is 49.9 Å². The largest absolute Gasteiger partial charge is 0.364 e. The molecule has 1 aromatic carbocycles. The summed E-state index contributed by atoms with van der Waals surface area (Å²) in [6, 6.07) is 13.2. The molecule has 118 valence electrons. The number of hydrogen-bond donors (Lipinski definition) is 0. The average molecular weight is 328 g/mol. The van der Waals surface area contributed by atoms with E-state index in [2.05, 4.69) is 0 Å². The van der Waals surface area contributed by atoms with Crippen molar-refractivity contribution in [1.29, 1.82) is 0 Å². The number of ether oxygens (including phenoxy) is 1. The second-order valence-electron chi connectivity index (χ2n) is 5.70. The summed E-state index contributed by atoms with van der Waals surface area (Å²) >= 11 is 1.44. The maximum Gasteiger partial charge on any atom is 0.264 e. The average Bonchev–Trinajstić information content (AvgIpc) is 3.24. The summed E-state index contributed by atoms with van der Waals surface area (Å²) in [4.78, 5) is 29.2. The van der Waals surface area contributed by atoms with Crippen molar-refractivity contribution >= 4 is 28.8 Å². The van der Waals surface area contributed by atoms with Gasteiger partial charge in [0.15, 0.2) is 0 Å². The Balaban J connectivity index is 1.59. The number of fused-ring (bicyclic) bond motifs is 1. The van der Waals surface area contributed by atoms with Crippen molar-refractivity contribution in [3.63, 3.8) is 0 Å². The Morgan fingerprint density at radius 2 is 1.96 bits per heavy atom. The quantitative estimate of drug-likeness (QED) is 0.847. The smallest absolute Gasteiger partial charge is 0.264 e. The SMILES string of the molecule is O=C(c1cccs1)N1C[C@@H]2OCC(=O)N(c3ccccc3)[C@H]2C1. The minimum atomic E-state index is -0.128. The third kappa shape index (κ3) is 2.54. The van der Waals surface area contributed by atoms with Crippen molar-refractivity contribution in [2.75, 3.05) is 24.6 Å². The highest BCUT2D eigenvalue weighted by atomic mass is 32.1. The molecule has 2 fully saturated rings. The lowest BCUT2D eigenvalue weighted by atomic mass is 10.1. The fourth-order valence-corrected chi connectivity index (χ4v) is 3.94. The first-order chi connectivity index (χ1) is 11.2. The van der Waals surface area contributed by atoms with E-state index in [1.54, 1.807) is 9.80 Å². The van der Waals surface area contributed by atoms with Gasteiger partial charge in [0, 0.05) is 18.8 Å². The van der Waals surface area contributed by atoms with Crippen LogP contribution in [0.25, 0.3) is 0 Å². The van der Waals surface area contributed by atoms with Gasteiger partial charge < -0.3 is 14.5 Å². The summed E-state index contributed by atoms with van der Waals surface area (Å²) in [5.41, 5.74) is 0.862. The van der Waals surface area contributed by atoms with Crippen molar-refractivity contribution in [2.45, 2.75) is 12.1 Å². The molecule has 0 saturated carbocycles. The van der Waals surface area contributed by atoms with E-state index in [0.717, 1.165) is 10.6 Å². The Labute approximate surface area is 138 Å². The summed E-state index contributed by atoms with van der Waals surface area (Å²) in [7, 11) is 0. The van der Waals surface area contributed by atoms with Crippen LogP contribution in [0, 0.1) is 0 Å². The zero-order chi connectivity index (χ0) is 15.8. The number of para-hydroxylation sites is 1. The molecular formula is C17H16N2O3S. The predicted molar refractivity (Wildman–Crippen MR) is 87.7 cm³/mol. The lowest BCUT2D eigenvalue weighted by Crippen LogP contribution is -2.54. The molecule has 2 atom stereocenters. The van der Waals surface area contributed by atoms with Gasteiger partial charge in [0.05, 0.1) is 17.0 Å². The van der Waals surface area contributed by atoms with Crippen LogP contribution in [-0.2, 0) is 9.53 Å². The molecule has 2 saturated heterocycles. The highest BCUT2D eigenvalue weighted by Crippen LogP contribution is 2.29. The molecule has 2 amide bonds. The van der Waals surface area contributed by atoms with Crippen LogP contribution >= 0.6 is 11.3 Å². The fraction of sp³-hybridized carbons (Fsp3) is 0.294. The van der Waals surface area contributed by atoms with Gasteiger partial charge in [-0.15, -0.1) is 11.3 Å². The summed E-state index contributed by atoms with van der Waals surface area (Å²) < 4.78 is 5.68. The van der Waals surface area contributed by atoms with Gasteiger partial charge in [0.25, 0.3) is 11.8 Å². The summed E-state index contributed by atoms with van der Waals surface area (Å²) in [5, 5.41) is 1.90. The normalized spacial score (nSPS) is 23.9. The van der Waals surface area contributed by atoms with Gasteiger partial charge in [0.2, 0.25) is 0 Å². The Bertz CT molecular complexity index is 717. The Morgan fingerprint density at radius 3 is 2.70 bits per heavy atom. The fourth-order valence-electron chi connectivity index (χ4n) is 3.25. The predicted octanol–water partition coefficient (Wildman–Crippen LogP) is 2.00. The van der Waals surface area contributed by atoms with E-state index in [0.29, 0.717) is 13.1 Å². The van der Waals surface area contributed by atoms with Crippen LogP contribution < -0.4 is 4.90 Å². The molecule has 0 radical (unpaired) electrons. The molecule has 0 spiro atoms. The van der Waals surface area contributed by atoms with Gasteiger partial charge in [-0.25, -0.2) is 0 Å². The molecule has 2 aromatic rings. The van der Waals surface area contributed by atoms with E-state index in [4.69, 9.17) is 4.74 Å². The molecule has 2 aliphatic heterocycles. The number of thiophene rings is 1. The van der Waals surface area contributed by atoms with Gasteiger partial charge >= 0.3 is 0 Å². The van der Waals surface area contributed by atoms with Crippen molar-refractivity contribution in [1.82, 2.24) is 4.90 Å². The van der Waals surface area contributed by atoms with E-state index in [1.807, 2.05) is 47.8 Å². The third-order valence-electron chi connectivity index (χ3n) is 4.31. The van der Waals surface area contributed by atoms with Crippen molar-refractivity contribution in [3.05, 3.63) is 52.7 Å². The second kappa shape index (κ2) is 5.79. The zero-order valence-corrected chi connectivity index (χ0v) is 13.2. The van der Waals surface area contributed by atoms with Gasteiger partial charge in [-0.3, -0.25) is 9.59 Å². The highest BCUT2D eigenvalue weighted by Gasteiger charge is 2.45. The Kier molecular flexibility index (Phi) is 3.63. The van der Waals surface area contributed by atoms with Gasteiger partial charge in [0.1, 0.15) is 6.61 Å². The van der Waals surface area contributed by atoms with Crippen LogP contribution in [0.4, 0.5) is 5.69 Å². The van der Waals surface area contributed by atoms with Gasteiger partial charge in [-0.2, -0.15) is 0 Å². The first kappa shape index (κ1) is 14.4. The number of nitrogens with zero attached hydrogens (tertiary/aromatic N) is 2. The molecule has 3 heterocycles. The summed E-state index contributed by atoms with van der Waals surface area (Å²) in [6.45, 7) is 1.09. The molecule has 5 nitrogen and oxygen atoms in total. The minimum absolute atomic E-state index is 0.0125. The molecule has 2 aliphatic rings. The molecule has 6 heteroatoms. The van der Waals surface area contributed by atoms with Crippen molar-refractivity contribution in [2.24, 2.45) is 0 Å². The molecule has 23 heavy (non-hydrogen) atoms. The first-order valence-electron chi connectivity index (χ1n) is 7.55. The number of benzene rings is 1. The van der Waals surface area contributed by atoms with E-state index < -0.39 is 0 Å². The zero-order valence-electron chi connectivity index (χ0n) is 12.4. The monoisotopic (exact) mass is 328 g/mol. The number of likely N-dealkylation sites (tertiary alicyclic amines) is 1. The van der Waals surface area contributed by atoms with E-state index >= 15 is 0 Å². The molecule has 0 aliphatic carbocycles. The molecule has 1 aromatic heterocycles. The first-order valence-corrected chi connectivity index (χ1v) is 8.43. The van der Waals surface area contributed by atoms with E-state index in [9.17, 15) is 9.59 Å². The van der Waals surface area contributed by atoms with Crippen molar-refractivity contribution in [3.8, 4) is 0 Å². The standard InChI is InChI=1S/C17H16N2O3S/c20-16-11-22-14-10-18(17(21)15-7-4-8-23-15)9-13(14)19(16)12-5-2-1-3-6-12/h1-8,13-14H,9-11H2/t13-,14-/m0/s1. The maximum absolute atomic E-state index is 12.6. The summed E-state index contributed by atoms with van der Waals surface area (Å²) in [6.07, 6.45) is -0.128. The van der Waals surface area contributed by atoms with Crippen LogP contribution in [0.2, 0.25) is 0 Å². The second-order valence-corrected chi connectivity index (χ2v) is 6.65. The number of carbonyl (C=O) groups is 2. The number of anilines is 1. The number of hydrogen-bond acceptors (Lipinski definition) is 4. The number of amides is 2. The van der Waals surface area contributed by atoms with Gasteiger partial charge in [-0.1, -0.05) is 24.3 Å². The number of carbonyl (C=O) groups excluding carboxylic acids is 2. The van der Waals surface area contributed by atoms with Crippen LogP contribution in [0.3, 0.4) is 0 Å². The molecular weight excluding hydrogens is 312 g/mol. The van der Waals surface area contributed by atoms with Crippen LogP contribution in [-0.4, -0.2) is 48.6 Å². The summed E-state index contributed by atoms with van der Waals surface area (Å²) in [5.74, 6) is -0.0404. The Morgan fingerprint density at radius 1 is 1.13 bits per heavy atom. The third-order valence-corrected chi connectivity index (χ3v) is 5.17. The van der Waals surface area contributed by atoms with Crippen LogP contribution in [0.15, 0.2) is 47.8 Å². The molecule has 0 unspecified atom stereocenters. The Hall–Kier alpha value is -2.18. The minimum Gasteiger partial charge on any atom is -0.364 e. The molecule has 0 bridgehead atoms. The highest BCUT2D eigenvalue weighted by molar-refractivity contribution is 7.12. The van der Waals surface area contributed by atoms with E-state index in [-0.39, 0.29) is 30.6 Å². The molecule has 0 N–H and O–H groups in total. The molecule has 4 rings (SSSR count). The maximum atomic E-state index is 12.6. The van der Waals surface area contributed by atoms with E-state index in [1.165, 1.54) is 11.3 Å². The lowest BCUT2D eigenvalue weighted by molar-refractivity contribution is -0.130.